The number of primary amides is 1. The molecular formula is C30H33BrN10O6. The second-order valence-corrected chi connectivity index (χ2v) is 11.5. The highest BCUT2D eigenvalue weighted by Crippen LogP contribution is 2.26. The van der Waals surface area contributed by atoms with E-state index in [1.165, 1.54) is 24.8 Å². The number of carbonyl (C=O) groups excluding carboxylic acids is 6. The molecule has 0 aliphatic heterocycles. The fourth-order valence-electron chi connectivity index (χ4n) is 4.58. The van der Waals surface area contributed by atoms with E-state index in [4.69, 9.17) is 5.73 Å². The van der Waals surface area contributed by atoms with Gasteiger partial charge < -0.3 is 52.3 Å². The summed E-state index contributed by atoms with van der Waals surface area (Å²) >= 11 is 3.01. The third-order valence-corrected chi connectivity index (χ3v) is 7.72. The Morgan fingerprint density at radius 2 is 0.936 bits per heavy atom. The van der Waals surface area contributed by atoms with Crippen molar-refractivity contribution in [3.8, 4) is 0 Å². The summed E-state index contributed by atoms with van der Waals surface area (Å²) in [4.78, 5) is 85.8. The van der Waals surface area contributed by atoms with Crippen LogP contribution in [0.3, 0.4) is 0 Å². The summed E-state index contributed by atoms with van der Waals surface area (Å²) in [7, 11) is 0. The van der Waals surface area contributed by atoms with Crippen LogP contribution < -0.4 is 32.3 Å². The molecule has 0 saturated heterocycles. The number of carbonyl (C=O) groups is 6. The van der Waals surface area contributed by atoms with Crippen molar-refractivity contribution in [2.45, 2.75) is 34.1 Å². The number of hydrogen-bond acceptors (Lipinski definition) is 6. The second kappa shape index (κ2) is 14.1. The molecule has 0 aliphatic rings. The van der Waals surface area contributed by atoms with Gasteiger partial charge in [0.25, 0.3) is 29.5 Å². The van der Waals surface area contributed by atoms with Gasteiger partial charge in [-0.1, -0.05) is 6.58 Å². The van der Waals surface area contributed by atoms with Gasteiger partial charge in [-0.15, -0.1) is 0 Å². The molecule has 0 aromatic carbocycles. The predicted octanol–water partition coefficient (Wildman–Crippen LogP) is 3.44. The molecule has 0 fully saturated rings. The van der Waals surface area contributed by atoms with Gasteiger partial charge in [0.05, 0.1) is 27.2 Å². The average Bonchev–Trinajstić information content (AvgIpc) is 3.76. The Morgan fingerprint density at radius 1 is 0.617 bits per heavy atom. The van der Waals surface area contributed by atoms with Crippen molar-refractivity contribution in [3.63, 3.8) is 0 Å². The topological polar surface area (TPSA) is 252 Å². The Hall–Kier alpha value is -5.84. The Kier molecular flexibility index (Phi) is 10.2. The fourth-order valence-corrected chi connectivity index (χ4v) is 4.68. The first-order chi connectivity index (χ1) is 22.2. The molecule has 4 aromatic rings. The van der Waals surface area contributed by atoms with Gasteiger partial charge in [0.1, 0.15) is 22.8 Å². The van der Waals surface area contributed by atoms with E-state index in [1.54, 1.807) is 27.7 Å². The van der Waals surface area contributed by atoms with Crippen molar-refractivity contribution in [2.75, 3.05) is 27.8 Å². The van der Waals surface area contributed by atoms with Gasteiger partial charge in [-0.25, -0.2) is 0 Å². The van der Waals surface area contributed by atoms with Crippen molar-refractivity contribution in [2.24, 2.45) is 5.73 Å². The lowest BCUT2D eigenvalue weighted by molar-refractivity contribution is -0.118. The molecule has 6 amide bonds. The molecular weight excluding hydrogens is 676 g/mol. The van der Waals surface area contributed by atoms with Crippen LogP contribution in [0.5, 0.6) is 0 Å². The highest BCUT2D eigenvalue weighted by atomic mass is 79.9. The standard InChI is InChI=1S/C30H33BrN10O6/c1-12-18(9-34-22(12)27(44)33-7-6-21(32)42)39-29(46)24-14(3)20(11-36-24)41-30(47)25-15(4)19(10-37-25)40-28(45)23-13(2)17(8-35-23)38-26(43)16(5)31/h8-11,34-37H,5-7H2,1-4H3,(H2,32,42)(H,33,44)(H,38,43)(H,39,46)(H,40,45)(H,41,47). The number of H-pyrrole nitrogens is 4. The van der Waals surface area contributed by atoms with E-state index in [0.29, 0.717) is 45.0 Å². The zero-order valence-corrected chi connectivity index (χ0v) is 27.4. The van der Waals surface area contributed by atoms with Gasteiger partial charge in [-0.05, 0) is 43.6 Å². The highest BCUT2D eigenvalue weighted by Gasteiger charge is 2.23. The maximum Gasteiger partial charge on any atom is 0.272 e. The minimum absolute atomic E-state index is 0.00569. The third kappa shape index (κ3) is 7.52. The van der Waals surface area contributed by atoms with Gasteiger partial charge in [-0.2, -0.15) is 0 Å². The van der Waals surface area contributed by atoms with Crippen LogP contribution >= 0.6 is 15.9 Å². The Morgan fingerprint density at radius 3 is 1.26 bits per heavy atom. The quantitative estimate of drug-likeness (QED) is 0.0986. The first-order valence-electron chi connectivity index (χ1n) is 14.1. The van der Waals surface area contributed by atoms with Crippen molar-refractivity contribution in [1.29, 1.82) is 0 Å². The van der Waals surface area contributed by atoms with Crippen LogP contribution in [0.25, 0.3) is 0 Å². The Labute approximate surface area is 276 Å². The van der Waals surface area contributed by atoms with Gasteiger partial charge in [0.15, 0.2) is 0 Å². The smallest absolute Gasteiger partial charge is 0.272 e. The number of aromatic nitrogens is 4. The summed E-state index contributed by atoms with van der Waals surface area (Å²) in [6.45, 7) is 10.2. The second-order valence-electron chi connectivity index (χ2n) is 10.5. The first-order valence-corrected chi connectivity index (χ1v) is 14.9. The SMILES string of the molecule is C=C(Br)C(=O)Nc1c[nH]c(C(=O)Nc2c[nH]c(C(=O)Nc3c[nH]c(C(=O)Nc4c[nH]c(C(=O)NCCC(N)=O)c4C)c3C)c2C)c1C. The Balaban J connectivity index is 1.39. The van der Waals surface area contributed by atoms with Crippen LogP contribution in [0.15, 0.2) is 35.8 Å². The molecule has 47 heavy (non-hydrogen) atoms. The van der Waals surface area contributed by atoms with Gasteiger partial charge >= 0.3 is 0 Å². The summed E-state index contributed by atoms with van der Waals surface area (Å²) in [5.41, 5.74) is 9.30. The molecule has 17 heteroatoms. The molecule has 0 spiro atoms. The van der Waals surface area contributed by atoms with Crippen LogP contribution in [0.4, 0.5) is 22.7 Å². The molecule has 11 N–H and O–H groups in total. The number of rotatable bonds is 12. The number of aromatic amines is 4. The molecule has 246 valence electrons. The van der Waals surface area contributed by atoms with Crippen molar-refractivity contribution in [1.82, 2.24) is 25.3 Å². The molecule has 4 heterocycles. The van der Waals surface area contributed by atoms with Crippen LogP contribution in [0.2, 0.25) is 0 Å². The predicted molar refractivity (Wildman–Crippen MR) is 179 cm³/mol. The van der Waals surface area contributed by atoms with E-state index < -0.39 is 35.4 Å². The average molecular weight is 710 g/mol. The molecule has 16 nitrogen and oxygen atoms in total. The molecule has 0 saturated carbocycles. The maximum absolute atomic E-state index is 13.2. The van der Waals surface area contributed by atoms with E-state index in [2.05, 4.69) is 69.0 Å². The van der Waals surface area contributed by atoms with Crippen LogP contribution in [-0.2, 0) is 9.59 Å². The first kappa shape index (κ1) is 34.0. The van der Waals surface area contributed by atoms with Crippen molar-refractivity contribution < 1.29 is 28.8 Å². The summed E-state index contributed by atoms with van der Waals surface area (Å²) in [6, 6.07) is 0. The zero-order valence-electron chi connectivity index (χ0n) is 25.8. The number of anilines is 4. The summed E-state index contributed by atoms with van der Waals surface area (Å²) < 4.78 is 0.136. The monoisotopic (exact) mass is 708 g/mol. The van der Waals surface area contributed by atoms with E-state index >= 15 is 0 Å². The normalized spacial score (nSPS) is 10.7. The minimum Gasteiger partial charge on any atom is -0.370 e. The lowest BCUT2D eigenvalue weighted by Crippen LogP contribution is -2.28. The van der Waals surface area contributed by atoms with E-state index in [-0.39, 0.29) is 40.2 Å². The summed E-state index contributed by atoms with van der Waals surface area (Å²) in [6.07, 6.45) is 5.90. The largest absolute Gasteiger partial charge is 0.370 e. The van der Waals surface area contributed by atoms with E-state index in [9.17, 15) is 28.8 Å². The minimum atomic E-state index is -0.542. The summed E-state index contributed by atoms with van der Waals surface area (Å²) in [5.74, 6) is -2.95. The number of halogens is 1. The van der Waals surface area contributed by atoms with Gasteiger partial charge in [0, 0.05) is 60.0 Å². The summed E-state index contributed by atoms with van der Waals surface area (Å²) in [5, 5.41) is 13.5. The molecule has 0 aliphatic carbocycles. The van der Waals surface area contributed by atoms with Crippen molar-refractivity contribution in [3.05, 3.63) is 80.9 Å². The Bertz CT molecular complexity index is 1930. The van der Waals surface area contributed by atoms with Crippen LogP contribution in [0, 0.1) is 27.7 Å². The number of nitrogens with two attached hydrogens (primary N) is 1. The highest BCUT2D eigenvalue weighted by molar-refractivity contribution is 9.12. The number of hydrogen-bond donors (Lipinski definition) is 10. The third-order valence-electron chi connectivity index (χ3n) is 7.36. The molecule has 0 bridgehead atoms. The lowest BCUT2D eigenvalue weighted by Gasteiger charge is -2.08. The maximum atomic E-state index is 13.2. The van der Waals surface area contributed by atoms with Gasteiger partial charge in [0.2, 0.25) is 5.91 Å². The van der Waals surface area contributed by atoms with E-state index in [1.807, 2.05) is 0 Å². The molecule has 0 unspecified atom stereocenters. The van der Waals surface area contributed by atoms with E-state index in [0.717, 1.165) is 0 Å². The zero-order chi connectivity index (χ0) is 34.6. The number of nitrogens with one attached hydrogen (secondary N) is 9. The van der Waals surface area contributed by atoms with Gasteiger partial charge in [-0.3, -0.25) is 28.8 Å². The molecule has 0 atom stereocenters. The van der Waals surface area contributed by atoms with Crippen LogP contribution in [0.1, 0.15) is 70.6 Å². The van der Waals surface area contributed by atoms with Crippen LogP contribution in [-0.4, -0.2) is 61.9 Å². The molecule has 0 radical (unpaired) electrons. The number of amides is 6. The molecule has 4 rings (SSSR count). The van der Waals surface area contributed by atoms with Crippen molar-refractivity contribution >= 4 is 74.1 Å². The molecule has 4 aromatic heterocycles. The lowest BCUT2D eigenvalue weighted by atomic mass is 10.2. The fraction of sp³-hybridized carbons (Fsp3) is 0.200.